The maximum Gasteiger partial charge on any atom is 0.313 e. The lowest BCUT2D eigenvalue weighted by atomic mass is 9.93. The Morgan fingerprint density at radius 3 is 2.74 bits per heavy atom. The van der Waals surface area contributed by atoms with E-state index in [4.69, 9.17) is 4.74 Å². The molecule has 1 atom stereocenters. The monoisotopic (exact) mass is 326 g/mol. The number of esters is 1. The van der Waals surface area contributed by atoms with Crippen LogP contribution in [0.25, 0.3) is 0 Å². The summed E-state index contributed by atoms with van der Waals surface area (Å²) in [5.74, 6) is 0.290. The predicted molar refractivity (Wildman–Crippen MR) is 90.9 cm³/mol. The Labute approximate surface area is 140 Å². The minimum atomic E-state index is -0.286. The topological polar surface area (TPSA) is 43.4 Å². The Kier molecular flexibility index (Phi) is 4.53. The summed E-state index contributed by atoms with van der Waals surface area (Å²) in [6.07, 6.45) is 0.671. The van der Waals surface area contributed by atoms with Crippen LogP contribution in [0.15, 0.2) is 47.4 Å². The molecule has 1 aliphatic rings. The highest BCUT2D eigenvalue weighted by molar-refractivity contribution is 7.98. The van der Waals surface area contributed by atoms with Gasteiger partial charge >= 0.3 is 5.97 Å². The molecule has 0 saturated carbocycles. The quantitative estimate of drug-likeness (QED) is 0.793. The average Bonchev–Trinajstić information content (AvgIpc) is 2.73. The molecule has 2 aromatic carbocycles. The van der Waals surface area contributed by atoms with Crippen LogP contribution in [0.3, 0.4) is 0 Å². The van der Waals surface area contributed by atoms with Gasteiger partial charge in [0.25, 0.3) is 0 Å². The summed E-state index contributed by atoms with van der Waals surface area (Å²) < 4.78 is 4.89. The summed E-state index contributed by atoms with van der Waals surface area (Å²) in [5.41, 5.74) is 3.44. The van der Waals surface area contributed by atoms with Crippen molar-refractivity contribution in [1.82, 2.24) is 0 Å². The maximum atomic E-state index is 12.8. The molecule has 0 fully saturated rings. The average molecular weight is 326 g/mol. The number of fused-ring (bicyclic) bond motifs is 2. The van der Waals surface area contributed by atoms with Crippen molar-refractivity contribution in [2.24, 2.45) is 0 Å². The van der Waals surface area contributed by atoms with Gasteiger partial charge in [-0.25, -0.2) is 0 Å². The van der Waals surface area contributed by atoms with Gasteiger partial charge in [-0.3, -0.25) is 9.59 Å². The summed E-state index contributed by atoms with van der Waals surface area (Å²) in [4.78, 5) is 25.6. The normalized spacial score (nSPS) is 14.4. The van der Waals surface area contributed by atoms with Crippen molar-refractivity contribution < 1.29 is 14.3 Å². The molecule has 0 saturated heterocycles. The van der Waals surface area contributed by atoms with Crippen molar-refractivity contribution >= 4 is 23.5 Å². The highest BCUT2D eigenvalue weighted by Gasteiger charge is 2.25. The molecule has 0 spiro atoms. The van der Waals surface area contributed by atoms with Gasteiger partial charge in [-0.1, -0.05) is 37.3 Å². The van der Waals surface area contributed by atoms with Gasteiger partial charge in [-0.05, 0) is 29.7 Å². The summed E-state index contributed by atoms with van der Waals surface area (Å²) in [6.45, 7) is 1.96. The summed E-state index contributed by atoms with van der Waals surface area (Å²) in [7, 11) is 1.41. The second kappa shape index (κ2) is 6.59. The molecule has 0 aromatic heterocycles. The Morgan fingerprint density at radius 2 is 2.00 bits per heavy atom. The molecule has 3 rings (SSSR count). The third-order valence-corrected chi connectivity index (χ3v) is 5.30. The third kappa shape index (κ3) is 2.91. The molecule has 2 aromatic rings. The number of methoxy groups -OCH3 is 1. The first-order chi connectivity index (χ1) is 11.2. The fourth-order valence-corrected chi connectivity index (χ4v) is 4.01. The minimum absolute atomic E-state index is 0.0540. The number of hydrogen-bond donors (Lipinski definition) is 0. The highest BCUT2D eigenvalue weighted by atomic mass is 32.2. The Hall–Kier alpha value is -2.07. The Bertz CT molecular complexity index is 767. The molecule has 0 bridgehead atoms. The lowest BCUT2D eigenvalue weighted by Crippen LogP contribution is -2.14. The van der Waals surface area contributed by atoms with E-state index in [0.29, 0.717) is 12.0 Å². The number of carbonyl (C=O) groups is 2. The van der Waals surface area contributed by atoms with E-state index in [9.17, 15) is 9.59 Å². The number of ketones is 1. The van der Waals surface area contributed by atoms with Crippen molar-refractivity contribution in [1.29, 1.82) is 0 Å². The number of ether oxygens (including phenoxy) is 1. The van der Waals surface area contributed by atoms with Gasteiger partial charge in [0.05, 0.1) is 13.0 Å². The summed E-state index contributed by atoms with van der Waals surface area (Å²) in [6, 6.07) is 13.4. The molecule has 1 aliphatic heterocycles. The van der Waals surface area contributed by atoms with Crippen LogP contribution in [0.1, 0.15) is 46.3 Å². The van der Waals surface area contributed by atoms with E-state index < -0.39 is 0 Å². The van der Waals surface area contributed by atoms with Crippen LogP contribution in [0.4, 0.5) is 0 Å². The standard InChI is InChI=1S/C19H18O3S/c1-3-14(19(21)22-2)12-8-9-16-17(10-12)23-11-13-6-4-5-7-15(13)18(16)20/h4-10,14H,3,11H2,1-2H3/t14-/m0/s1. The van der Waals surface area contributed by atoms with E-state index in [2.05, 4.69) is 0 Å². The molecule has 0 aliphatic carbocycles. The van der Waals surface area contributed by atoms with Crippen molar-refractivity contribution in [3.63, 3.8) is 0 Å². The van der Waals surface area contributed by atoms with Crippen molar-refractivity contribution in [3.05, 3.63) is 64.7 Å². The second-order valence-electron chi connectivity index (χ2n) is 5.51. The Balaban J connectivity index is 2.02. The highest BCUT2D eigenvalue weighted by Crippen LogP contribution is 2.36. The first-order valence-corrected chi connectivity index (χ1v) is 8.61. The lowest BCUT2D eigenvalue weighted by Gasteiger charge is -2.15. The fourth-order valence-electron chi connectivity index (χ4n) is 2.91. The molecular weight excluding hydrogens is 308 g/mol. The molecule has 0 N–H and O–H groups in total. The van der Waals surface area contributed by atoms with Crippen LogP contribution in [-0.2, 0) is 15.3 Å². The van der Waals surface area contributed by atoms with E-state index in [0.717, 1.165) is 27.3 Å². The van der Waals surface area contributed by atoms with Gasteiger partial charge in [-0.15, -0.1) is 11.8 Å². The van der Waals surface area contributed by atoms with E-state index in [1.807, 2.05) is 49.4 Å². The predicted octanol–water partition coefficient (Wildman–Crippen LogP) is 4.19. The third-order valence-electron chi connectivity index (χ3n) is 4.19. The number of thioether (sulfide) groups is 1. The molecule has 23 heavy (non-hydrogen) atoms. The van der Waals surface area contributed by atoms with Crippen LogP contribution in [0, 0.1) is 0 Å². The van der Waals surface area contributed by atoms with E-state index in [1.54, 1.807) is 11.8 Å². The first kappa shape index (κ1) is 15.8. The van der Waals surface area contributed by atoms with E-state index >= 15 is 0 Å². The zero-order chi connectivity index (χ0) is 16.4. The smallest absolute Gasteiger partial charge is 0.313 e. The summed E-state index contributed by atoms with van der Waals surface area (Å²) >= 11 is 1.64. The number of hydrogen-bond acceptors (Lipinski definition) is 4. The molecule has 1 heterocycles. The Morgan fingerprint density at radius 1 is 1.22 bits per heavy atom. The van der Waals surface area contributed by atoms with Crippen molar-refractivity contribution in [2.45, 2.75) is 29.9 Å². The first-order valence-electron chi connectivity index (χ1n) is 7.63. The van der Waals surface area contributed by atoms with Crippen LogP contribution in [0.5, 0.6) is 0 Å². The van der Waals surface area contributed by atoms with Crippen molar-refractivity contribution in [2.75, 3.05) is 7.11 Å². The van der Waals surface area contributed by atoms with Crippen LogP contribution < -0.4 is 0 Å². The molecule has 3 nitrogen and oxygen atoms in total. The summed E-state index contributed by atoms with van der Waals surface area (Å²) in [5, 5.41) is 0. The fraction of sp³-hybridized carbons (Fsp3) is 0.263. The van der Waals surface area contributed by atoms with Crippen LogP contribution in [-0.4, -0.2) is 18.9 Å². The number of carbonyl (C=O) groups excluding carboxylic acids is 2. The molecule has 118 valence electrons. The van der Waals surface area contributed by atoms with Gasteiger partial charge in [-0.2, -0.15) is 0 Å². The maximum absolute atomic E-state index is 12.8. The zero-order valence-electron chi connectivity index (χ0n) is 13.2. The van der Waals surface area contributed by atoms with E-state index in [1.165, 1.54) is 7.11 Å². The van der Waals surface area contributed by atoms with Gasteiger partial charge < -0.3 is 4.74 Å². The zero-order valence-corrected chi connectivity index (χ0v) is 14.0. The SMILES string of the molecule is CC[C@H](C(=O)OC)c1ccc2c(c1)SCc1ccccc1C2=O. The van der Waals surface area contributed by atoms with Crippen LogP contribution >= 0.6 is 11.8 Å². The molecule has 0 radical (unpaired) electrons. The van der Waals surface area contributed by atoms with Gasteiger partial charge in [0, 0.05) is 21.8 Å². The van der Waals surface area contributed by atoms with E-state index in [-0.39, 0.29) is 17.7 Å². The lowest BCUT2D eigenvalue weighted by molar-refractivity contribution is -0.142. The molecule has 0 amide bonds. The van der Waals surface area contributed by atoms with Gasteiger partial charge in [0.1, 0.15) is 0 Å². The van der Waals surface area contributed by atoms with Gasteiger partial charge in [0.15, 0.2) is 5.78 Å². The molecule has 4 heteroatoms. The molecular formula is C19H18O3S. The molecule has 0 unspecified atom stereocenters. The number of benzene rings is 2. The number of rotatable bonds is 3. The second-order valence-corrected chi connectivity index (χ2v) is 6.53. The largest absolute Gasteiger partial charge is 0.469 e. The van der Waals surface area contributed by atoms with Gasteiger partial charge in [0.2, 0.25) is 0 Å². The minimum Gasteiger partial charge on any atom is -0.469 e. The van der Waals surface area contributed by atoms with Crippen LogP contribution in [0.2, 0.25) is 0 Å². The van der Waals surface area contributed by atoms with Crippen molar-refractivity contribution in [3.8, 4) is 0 Å².